The van der Waals surface area contributed by atoms with Gasteiger partial charge in [0.2, 0.25) is 5.91 Å². The van der Waals surface area contributed by atoms with Crippen molar-refractivity contribution in [1.29, 1.82) is 0 Å². The molecule has 1 heterocycles. The van der Waals surface area contributed by atoms with E-state index in [4.69, 9.17) is 16.3 Å². The lowest BCUT2D eigenvalue weighted by Gasteiger charge is -2.07. The van der Waals surface area contributed by atoms with Crippen LogP contribution in [0.4, 0.5) is 5.69 Å². The minimum atomic E-state index is -0.391. The molecule has 7 nitrogen and oxygen atoms in total. The number of anilines is 1. The molecule has 1 amide bonds. The topological polar surface area (TPSA) is 86.1 Å². The van der Waals surface area contributed by atoms with Gasteiger partial charge in [-0.3, -0.25) is 4.79 Å². The van der Waals surface area contributed by atoms with Crippen molar-refractivity contribution in [1.82, 2.24) is 14.8 Å². The molecule has 0 unspecified atom stereocenters. The zero-order valence-corrected chi connectivity index (χ0v) is 17.5. The van der Waals surface area contributed by atoms with Gasteiger partial charge in [-0.15, -0.1) is 10.2 Å². The van der Waals surface area contributed by atoms with Crippen LogP contribution in [0.2, 0.25) is 5.02 Å². The molecule has 0 saturated heterocycles. The molecule has 0 aliphatic rings. The molecule has 29 heavy (non-hydrogen) atoms. The van der Waals surface area contributed by atoms with Gasteiger partial charge in [-0.05, 0) is 43.3 Å². The molecule has 0 saturated carbocycles. The molecule has 0 radical (unpaired) electrons. The second kappa shape index (κ2) is 9.58. The van der Waals surface area contributed by atoms with E-state index in [0.29, 0.717) is 33.9 Å². The third-order valence-corrected chi connectivity index (χ3v) is 5.31. The van der Waals surface area contributed by atoms with Crippen molar-refractivity contribution in [3.05, 3.63) is 59.1 Å². The molecular formula is C20H19ClN4O3S. The van der Waals surface area contributed by atoms with Gasteiger partial charge in [-0.1, -0.05) is 35.5 Å². The summed E-state index contributed by atoms with van der Waals surface area (Å²) in [7, 11) is 1.83. The molecule has 3 rings (SSSR count). The summed E-state index contributed by atoms with van der Waals surface area (Å²) in [5, 5.41) is 12.3. The average molecular weight is 431 g/mol. The van der Waals surface area contributed by atoms with E-state index in [-0.39, 0.29) is 11.7 Å². The third kappa shape index (κ3) is 5.16. The highest BCUT2D eigenvalue weighted by molar-refractivity contribution is 7.99. The number of nitrogens with one attached hydrogen (secondary N) is 1. The van der Waals surface area contributed by atoms with Crippen LogP contribution in [0.1, 0.15) is 17.3 Å². The summed E-state index contributed by atoms with van der Waals surface area (Å²) in [5.74, 6) is 0.209. The van der Waals surface area contributed by atoms with E-state index in [1.54, 1.807) is 41.8 Å². The van der Waals surface area contributed by atoms with E-state index >= 15 is 0 Å². The monoisotopic (exact) mass is 430 g/mol. The van der Waals surface area contributed by atoms with Crippen LogP contribution in [0.15, 0.2) is 53.7 Å². The van der Waals surface area contributed by atoms with Crippen molar-refractivity contribution in [2.45, 2.75) is 12.1 Å². The van der Waals surface area contributed by atoms with Crippen molar-refractivity contribution in [3.63, 3.8) is 0 Å². The number of ether oxygens (including phenoxy) is 1. The van der Waals surface area contributed by atoms with Crippen LogP contribution < -0.4 is 5.32 Å². The number of carbonyl (C=O) groups is 2. The van der Waals surface area contributed by atoms with E-state index in [1.807, 2.05) is 25.2 Å². The quantitative estimate of drug-likeness (QED) is 0.449. The Labute approximate surface area is 177 Å². The molecule has 1 N–H and O–H groups in total. The highest BCUT2D eigenvalue weighted by atomic mass is 35.5. The van der Waals surface area contributed by atoms with Crippen molar-refractivity contribution >= 4 is 40.9 Å². The van der Waals surface area contributed by atoms with Crippen molar-refractivity contribution in [3.8, 4) is 11.4 Å². The molecule has 0 aliphatic carbocycles. The summed E-state index contributed by atoms with van der Waals surface area (Å²) in [4.78, 5) is 23.9. The van der Waals surface area contributed by atoms with Crippen LogP contribution in [0.25, 0.3) is 11.4 Å². The van der Waals surface area contributed by atoms with Gasteiger partial charge >= 0.3 is 5.97 Å². The van der Waals surface area contributed by atoms with Gasteiger partial charge in [0.1, 0.15) is 0 Å². The number of thioether (sulfide) groups is 1. The minimum absolute atomic E-state index is 0.161. The summed E-state index contributed by atoms with van der Waals surface area (Å²) in [6.45, 7) is 2.06. The number of esters is 1. The number of nitrogens with zero attached hydrogens (tertiary/aromatic N) is 3. The molecule has 150 valence electrons. The summed E-state index contributed by atoms with van der Waals surface area (Å²) >= 11 is 7.50. The molecular weight excluding hydrogens is 412 g/mol. The Morgan fingerprint density at radius 3 is 2.55 bits per heavy atom. The number of hydrogen-bond donors (Lipinski definition) is 1. The summed E-state index contributed by atoms with van der Waals surface area (Å²) in [5.41, 5.74) is 1.81. The molecule has 0 spiro atoms. The molecule has 0 aliphatic heterocycles. The lowest BCUT2D eigenvalue weighted by Crippen LogP contribution is -2.14. The van der Waals surface area contributed by atoms with Gasteiger partial charge in [0.05, 0.1) is 22.9 Å². The van der Waals surface area contributed by atoms with Crippen LogP contribution in [0.3, 0.4) is 0 Å². The van der Waals surface area contributed by atoms with E-state index < -0.39 is 5.97 Å². The maximum atomic E-state index is 12.2. The van der Waals surface area contributed by atoms with Crippen LogP contribution in [-0.2, 0) is 16.6 Å². The summed E-state index contributed by atoms with van der Waals surface area (Å²) < 4.78 is 6.73. The summed E-state index contributed by atoms with van der Waals surface area (Å²) in [6, 6.07) is 13.9. The van der Waals surface area contributed by atoms with Gasteiger partial charge in [-0.25, -0.2) is 4.79 Å². The Hall–Kier alpha value is -2.84. The molecule has 2 aromatic carbocycles. The molecule has 0 atom stereocenters. The fourth-order valence-electron chi connectivity index (χ4n) is 2.55. The van der Waals surface area contributed by atoms with E-state index in [9.17, 15) is 9.59 Å². The smallest absolute Gasteiger partial charge is 0.338 e. The SMILES string of the molecule is CCOC(=O)c1ccc(NC(=O)CSc2nnc(-c3ccccc3Cl)n2C)cc1. The van der Waals surface area contributed by atoms with E-state index in [2.05, 4.69) is 15.5 Å². The Morgan fingerprint density at radius 1 is 1.14 bits per heavy atom. The van der Waals surface area contributed by atoms with Gasteiger partial charge < -0.3 is 14.6 Å². The first-order valence-corrected chi connectivity index (χ1v) is 10.2. The van der Waals surface area contributed by atoms with Crippen LogP contribution in [-0.4, -0.2) is 39.0 Å². The fourth-order valence-corrected chi connectivity index (χ4v) is 3.48. The Morgan fingerprint density at radius 2 is 1.86 bits per heavy atom. The van der Waals surface area contributed by atoms with Crippen molar-refractivity contribution in [2.75, 3.05) is 17.7 Å². The standard InChI is InChI=1S/C20H19ClN4O3S/c1-3-28-19(27)13-8-10-14(11-9-13)22-17(26)12-29-20-24-23-18(25(20)2)15-6-4-5-7-16(15)21/h4-11H,3,12H2,1-2H3,(H,22,26). The number of carbonyl (C=O) groups excluding carboxylic acids is 2. The number of aromatic nitrogens is 3. The first kappa shape index (κ1) is 20.9. The van der Waals surface area contributed by atoms with Gasteiger partial charge in [-0.2, -0.15) is 0 Å². The maximum Gasteiger partial charge on any atom is 0.338 e. The maximum absolute atomic E-state index is 12.2. The average Bonchev–Trinajstić information content (AvgIpc) is 3.08. The Bertz CT molecular complexity index is 1020. The second-order valence-electron chi connectivity index (χ2n) is 5.98. The number of rotatable bonds is 7. The first-order chi connectivity index (χ1) is 14.0. The highest BCUT2D eigenvalue weighted by Crippen LogP contribution is 2.28. The zero-order chi connectivity index (χ0) is 20.8. The van der Waals surface area contributed by atoms with Crippen molar-refractivity contribution < 1.29 is 14.3 Å². The van der Waals surface area contributed by atoms with Crippen LogP contribution in [0.5, 0.6) is 0 Å². The minimum Gasteiger partial charge on any atom is -0.462 e. The lowest BCUT2D eigenvalue weighted by molar-refractivity contribution is -0.113. The molecule has 0 bridgehead atoms. The van der Waals surface area contributed by atoms with Gasteiger partial charge in [0.15, 0.2) is 11.0 Å². The number of hydrogen-bond acceptors (Lipinski definition) is 6. The fraction of sp³-hybridized carbons (Fsp3) is 0.200. The number of benzene rings is 2. The predicted molar refractivity (Wildman–Crippen MR) is 113 cm³/mol. The number of amides is 1. The van der Waals surface area contributed by atoms with Crippen molar-refractivity contribution in [2.24, 2.45) is 7.05 Å². The van der Waals surface area contributed by atoms with Gasteiger partial charge in [0, 0.05) is 18.3 Å². The predicted octanol–water partition coefficient (Wildman–Crippen LogP) is 4.04. The first-order valence-electron chi connectivity index (χ1n) is 8.83. The van der Waals surface area contributed by atoms with Crippen LogP contribution in [0, 0.1) is 0 Å². The molecule has 9 heteroatoms. The molecule has 0 fully saturated rings. The zero-order valence-electron chi connectivity index (χ0n) is 15.9. The largest absolute Gasteiger partial charge is 0.462 e. The molecule has 3 aromatic rings. The second-order valence-corrected chi connectivity index (χ2v) is 7.33. The highest BCUT2D eigenvalue weighted by Gasteiger charge is 2.15. The normalized spacial score (nSPS) is 10.6. The number of halogens is 1. The Balaban J connectivity index is 1.59. The van der Waals surface area contributed by atoms with E-state index in [0.717, 1.165) is 5.56 Å². The van der Waals surface area contributed by atoms with Gasteiger partial charge in [0.25, 0.3) is 0 Å². The Kier molecular flexibility index (Phi) is 6.90. The summed E-state index contributed by atoms with van der Waals surface area (Å²) in [6.07, 6.45) is 0. The third-order valence-electron chi connectivity index (χ3n) is 3.96. The van der Waals surface area contributed by atoms with E-state index in [1.165, 1.54) is 11.8 Å². The lowest BCUT2D eigenvalue weighted by atomic mass is 10.2. The van der Waals surface area contributed by atoms with Crippen LogP contribution >= 0.6 is 23.4 Å². The molecule has 1 aromatic heterocycles.